The Labute approximate surface area is 147 Å². The minimum atomic E-state index is -0.610. The van der Waals surface area contributed by atoms with Crippen LogP contribution in [0.4, 0.5) is 0 Å². The van der Waals surface area contributed by atoms with Crippen molar-refractivity contribution < 1.29 is 23.4 Å². The monoisotopic (exact) mass is 343 g/mol. The average Bonchev–Trinajstić information content (AvgIpc) is 3.02. The van der Waals surface area contributed by atoms with Crippen LogP contribution >= 0.6 is 0 Å². The fraction of sp³-hybridized carbons (Fsp3) is 0.444. The van der Waals surface area contributed by atoms with Crippen molar-refractivity contribution in [3.8, 4) is 0 Å². The summed E-state index contributed by atoms with van der Waals surface area (Å²) in [6.45, 7) is 9.69. The van der Waals surface area contributed by atoms with Crippen molar-refractivity contribution in [2.45, 2.75) is 52.4 Å². The molecule has 0 spiro atoms. The van der Waals surface area contributed by atoms with Gasteiger partial charge in [-0.2, -0.15) is 0 Å². The van der Waals surface area contributed by atoms with Gasteiger partial charge in [0.15, 0.2) is 0 Å². The Morgan fingerprint density at radius 1 is 1.12 bits per heavy atom. The van der Waals surface area contributed by atoms with Crippen molar-refractivity contribution in [2.24, 2.45) is 0 Å². The highest BCUT2D eigenvalue weighted by atomic mass is 16.7. The van der Waals surface area contributed by atoms with Gasteiger partial charge in [-0.05, 0) is 46.8 Å². The van der Waals surface area contributed by atoms with Crippen LogP contribution in [0.2, 0.25) is 0 Å². The van der Waals surface area contributed by atoms with E-state index in [4.69, 9.17) is 18.6 Å². The van der Waals surface area contributed by atoms with Crippen molar-refractivity contribution in [1.29, 1.82) is 0 Å². The molecule has 1 aliphatic rings. The van der Waals surface area contributed by atoms with Crippen LogP contribution in [0.1, 0.15) is 49.5 Å². The lowest BCUT2D eigenvalue weighted by Gasteiger charge is -2.32. The van der Waals surface area contributed by atoms with E-state index in [9.17, 15) is 4.79 Å². The lowest BCUT2D eigenvalue weighted by molar-refractivity contribution is 0.00578. The Bertz CT molecular complexity index is 753. The van der Waals surface area contributed by atoms with Gasteiger partial charge in [-0.3, -0.25) is 0 Å². The van der Waals surface area contributed by atoms with E-state index in [0.717, 1.165) is 0 Å². The molecule has 1 aliphatic heterocycles. The molecule has 0 aliphatic carbocycles. The van der Waals surface area contributed by atoms with Gasteiger partial charge >= 0.3 is 13.1 Å². The smallest absolute Gasteiger partial charge is 0.455 e. The van der Waals surface area contributed by atoms with Crippen molar-refractivity contribution in [1.82, 2.24) is 5.16 Å². The maximum Gasteiger partial charge on any atom is 0.500 e. The van der Waals surface area contributed by atoms with Gasteiger partial charge in [-0.1, -0.05) is 23.4 Å². The quantitative estimate of drug-likeness (QED) is 0.628. The number of esters is 1. The zero-order valence-electron chi connectivity index (χ0n) is 15.2. The molecule has 25 heavy (non-hydrogen) atoms. The molecular formula is C18H22BNO5. The van der Waals surface area contributed by atoms with Crippen LogP contribution in [0.15, 0.2) is 34.9 Å². The van der Waals surface area contributed by atoms with Crippen molar-refractivity contribution in [3.05, 3.63) is 47.3 Å². The van der Waals surface area contributed by atoms with Crippen LogP contribution in [0.5, 0.6) is 0 Å². The Morgan fingerprint density at radius 3 is 2.32 bits per heavy atom. The number of benzene rings is 1. The van der Waals surface area contributed by atoms with Gasteiger partial charge < -0.3 is 18.6 Å². The van der Waals surface area contributed by atoms with E-state index in [1.54, 1.807) is 31.2 Å². The molecule has 0 N–H and O–H groups in total. The summed E-state index contributed by atoms with van der Waals surface area (Å²) in [5, 5.41) is 4.01. The maximum atomic E-state index is 12.1. The molecule has 0 atom stereocenters. The van der Waals surface area contributed by atoms with Crippen LogP contribution < -0.4 is 5.46 Å². The van der Waals surface area contributed by atoms with E-state index in [2.05, 4.69) is 5.16 Å². The molecular weight excluding hydrogens is 321 g/mol. The van der Waals surface area contributed by atoms with Crippen LogP contribution in [0.3, 0.4) is 0 Å². The fourth-order valence-corrected chi connectivity index (χ4v) is 2.58. The molecule has 3 rings (SSSR count). The van der Waals surface area contributed by atoms with Crippen LogP contribution in [-0.4, -0.2) is 29.4 Å². The first-order valence-electron chi connectivity index (χ1n) is 8.24. The highest BCUT2D eigenvalue weighted by Gasteiger charge is 2.53. The summed E-state index contributed by atoms with van der Waals surface area (Å²) < 4.78 is 22.8. The Hall–Kier alpha value is -2.12. The summed E-state index contributed by atoms with van der Waals surface area (Å²) in [6.07, 6.45) is 0. The molecule has 7 heteroatoms. The third-order valence-electron chi connectivity index (χ3n) is 4.82. The minimum absolute atomic E-state index is 0.00945. The zero-order chi connectivity index (χ0) is 18.2. The molecule has 1 saturated heterocycles. The van der Waals surface area contributed by atoms with E-state index >= 15 is 0 Å². The fourth-order valence-electron chi connectivity index (χ4n) is 2.58. The second-order valence-corrected chi connectivity index (χ2v) is 7.13. The molecule has 1 fully saturated rings. The highest BCUT2D eigenvalue weighted by molar-refractivity contribution is 6.63. The van der Waals surface area contributed by atoms with Crippen LogP contribution in [0, 0.1) is 6.92 Å². The zero-order valence-corrected chi connectivity index (χ0v) is 15.2. The minimum Gasteiger partial charge on any atom is -0.455 e. The number of hydrogen-bond acceptors (Lipinski definition) is 6. The van der Waals surface area contributed by atoms with Crippen LogP contribution in [0.25, 0.3) is 0 Å². The van der Waals surface area contributed by atoms with Gasteiger partial charge in [-0.25, -0.2) is 4.79 Å². The van der Waals surface area contributed by atoms with E-state index in [0.29, 0.717) is 22.5 Å². The Kier molecular flexibility index (Phi) is 4.47. The summed E-state index contributed by atoms with van der Waals surface area (Å²) >= 11 is 0. The van der Waals surface area contributed by atoms with Crippen molar-refractivity contribution in [2.75, 3.05) is 0 Å². The number of hydrogen-bond donors (Lipinski definition) is 0. The molecule has 0 radical (unpaired) electrons. The van der Waals surface area contributed by atoms with Gasteiger partial charge in [0.05, 0.1) is 22.2 Å². The van der Waals surface area contributed by atoms with Gasteiger partial charge in [-0.15, -0.1) is 0 Å². The highest BCUT2D eigenvalue weighted by Crippen LogP contribution is 2.37. The van der Waals surface area contributed by atoms with E-state index in [1.807, 2.05) is 33.8 Å². The molecule has 132 valence electrons. The van der Waals surface area contributed by atoms with Crippen molar-refractivity contribution in [3.63, 3.8) is 0 Å². The third-order valence-corrected chi connectivity index (χ3v) is 4.82. The first-order chi connectivity index (χ1) is 11.7. The third kappa shape index (κ3) is 3.34. The standard InChI is InChI=1S/C18H22BNO5/c1-12-15(19-24-17(2,3)18(4,5)25-19)14(20-23-12)11-22-16(21)13-9-7-6-8-10-13/h6-10H,11H2,1-5H3. The SMILES string of the molecule is Cc1onc(COC(=O)c2ccccc2)c1B1OC(C)(C)C(C)(C)O1. The number of ether oxygens (including phenoxy) is 1. The molecule has 0 bridgehead atoms. The van der Waals surface area contributed by atoms with Gasteiger partial charge in [0, 0.05) is 0 Å². The predicted molar refractivity (Wildman–Crippen MR) is 92.5 cm³/mol. The summed E-state index contributed by atoms with van der Waals surface area (Å²) in [7, 11) is -0.610. The lowest BCUT2D eigenvalue weighted by atomic mass is 9.77. The second kappa shape index (κ2) is 6.31. The summed E-state index contributed by atoms with van der Waals surface area (Å²) in [5.41, 5.74) is 0.721. The number of aryl methyl sites for hydroxylation is 1. The number of nitrogens with zero attached hydrogens (tertiary/aromatic N) is 1. The maximum absolute atomic E-state index is 12.1. The molecule has 6 nitrogen and oxygen atoms in total. The normalized spacial score (nSPS) is 18.4. The first kappa shape index (κ1) is 17.7. The predicted octanol–water partition coefficient (Wildman–Crippen LogP) is 2.64. The average molecular weight is 343 g/mol. The Morgan fingerprint density at radius 2 is 1.72 bits per heavy atom. The van der Waals surface area contributed by atoms with E-state index in [-0.39, 0.29) is 6.61 Å². The van der Waals surface area contributed by atoms with Gasteiger partial charge in [0.1, 0.15) is 18.1 Å². The van der Waals surface area contributed by atoms with Gasteiger partial charge in [0.25, 0.3) is 0 Å². The number of aromatic nitrogens is 1. The van der Waals surface area contributed by atoms with E-state index in [1.165, 1.54) is 0 Å². The van der Waals surface area contributed by atoms with Crippen molar-refractivity contribution >= 4 is 18.6 Å². The topological polar surface area (TPSA) is 70.8 Å². The molecule has 1 aromatic carbocycles. The lowest BCUT2D eigenvalue weighted by Crippen LogP contribution is -2.41. The van der Waals surface area contributed by atoms with Crippen LogP contribution in [-0.2, 0) is 20.7 Å². The molecule has 2 heterocycles. The molecule has 0 saturated carbocycles. The molecule has 2 aromatic rings. The second-order valence-electron chi connectivity index (χ2n) is 7.13. The van der Waals surface area contributed by atoms with E-state index < -0.39 is 24.3 Å². The summed E-state index contributed by atoms with van der Waals surface area (Å²) in [4.78, 5) is 12.1. The van der Waals surface area contributed by atoms with Gasteiger partial charge in [0.2, 0.25) is 0 Å². The number of carbonyl (C=O) groups excluding carboxylic acids is 1. The molecule has 0 amide bonds. The molecule has 1 aromatic heterocycles. The number of rotatable bonds is 4. The summed E-state index contributed by atoms with van der Waals surface area (Å²) in [6, 6.07) is 8.81. The Balaban J connectivity index is 1.76. The first-order valence-corrected chi connectivity index (χ1v) is 8.24. The number of carbonyl (C=O) groups is 1. The molecule has 0 unspecified atom stereocenters. The summed E-state index contributed by atoms with van der Waals surface area (Å²) in [5.74, 6) is 0.172. The largest absolute Gasteiger partial charge is 0.500 e.